The van der Waals surface area contributed by atoms with Crippen molar-refractivity contribution in [3.8, 4) is 79.0 Å². The highest BCUT2D eigenvalue weighted by Gasteiger charge is 2.51. The van der Waals surface area contributed by atoms with Crippen molar-refractivity contribution in [2.24, 2.45) is 0 Å². The molecule has 0 amide bonds. The van der Waals surface area contributed by atoms with Crippen LogP contribution in [0.15, 0.2) is 255 Å². The number of aromatic nitrogens is 4. The molecule has 0 bridgehead atoms. The summed E-state index contributed by atoms with van der Waals surface area (Å²) < 4.78 is 11.2. The van der Waals surface area contributed by atoms with Gasteiger partial charge in [-0.2, -0.15) is 0 Å². The predicted molar refractivity (Wildman–Crippen MR) is 292 cm³/mol. The van der Waals surface area contributed by atoms with Gasteiger partial charge in [-0.3, -0.25) is 9.13 Å². The van der Waals surface area contributed by atoms with Crippen molar-refractivity contribution >= 4 is 32.8 Å². The first-order valence-electron chi connectivity index (χ1n) is 24.6. The summed E-state index contributed by atoms with van der Waals surface area (Å²) in [4.78, 5) is 10.8. The maximum atomic E-state index is 6.67. The first-order valence-corrected chi connectivity index (χ1v) is 24.6. The molecule has 1 aliphatic heterocycles. The van der Waals surface area contributed by atoms with E-state index in [1.165, 1.54) is 33.2 Å². The fourth-order valence-corrected chi connectivity index (χ4v) is 12.0. The third-order valence-corrected chi connectivity index (χ3v) is 15.0. The Morgan fingerprint density at radius 2 is 0.736 bits per heavy atom. The monoisotopic (exact) mass is 918 g/mol. The van der Waals surface area contributed by atoms with Gasteiger partial charge >= 0.3 is 0 Å². The number of rotatable bonds is 6. The Labute approximate surface area is 416 Å². The van der Waals surface area contributed by atoms with Crippen LogP contribution >= 0.6 is 0 Å². The summed E-state index contributed by atoms with van der Waals surface area (Å²) in [6, 6.07) is 91.5. The van der Waals surface area contributed by atoms with Gasteiger partial charge in [0.2, 0.25) is 0 Å². The maximum absolute atomic E-state index is 6.67. The molecule has 3 heterocycles. The fourth-order valence-electron chi connectivity index (χ4n) is 12.0. The second kappa shape index (κ2) is 15.7. The summed E-state index contributed by atoms with van der Waals surface area (Å²) in [5.41, 5.74) is 19.3. The molecular formula is C67H42N4O. The van der Waals surface area contributed by atoms with E-state index >= 15 is 0 Å². The zero-order valence-electron chi connectivity index (χ0n) is 38.9. The van der Waals surface area contributed by atoms with E-state index in [9.17, 15) is 0 Å². The molecule has 13 aromatic rings. The van der Waals surface area contributed by atoms with Crippen molar-refractivity contribution in [3.05, 3.63) is 277 Å². The van der Waals surface area contributed by atoms with Crippen molar-refractivity contribution in [2.75, 3.05) is 0 Å². The van der Waals surface area contributed by atoms with Gasteiger partial charge in [-0.1, -0.05) is 170 Å². The van der Waals surface area contributed by atoms with E-state index in [0.29, 0.717) is 0 Å². The zero-order chi connectivity index (χ0) is 47.3. The second-order valence-electron chi connectivity index (χ2n) is 18.8. The van der Waals surface area contributed by atoms with E-state index in [1.807, 2.05) is 0 Å². The average molecular weight is 919 g/mol. The lowest BCUT2D eigenvalue weighted by Gasteiger charge is -2.39. The molecule has 2 aromatic heterocycles. The molecule has 0 atom stereocenters. The van der Waals surface area contributed by atoms with Gasteiger partial charge in [-0.15, -0.1) is 0 Å². The Bertz CT molecular complexity index is 4140. The number of imidazole rings is 2. The lowest BCUT2D eigenvalue weighted by molar-refractivity contribution is 0.436. The highest BCUT2D eigenvalue weighted by molar-refractivity contribution is 6.06. The summed E-state index contributed by atoms with van der Waals surface area (Å²) in [7, 11) is 0. The van der Waals surface area contributed by atoms with Crippen LogP contribution in [0.2, 0.25) is 0 Å². The Morgan fingerprint density at radius 1 is 0.306 bits per heavy atom. The maximum Gasteiger partial charge on any atom is 0.145 e. The molecule has 0 radical (unpaired) electrons. The fraction of sp³-hybridized carbons (Fsp3) is 0.0149. The highest BCUT2D eigenvalue weighted by Crippen LogP contribution is 2.62. The molecule has 11 aromatic carbocycles. The lowest BCUT2D eigenvalue weighted by Crippen LogP contribution is -2.32. The first-order chi connectivity index (χ1) is 35.7. The number of fused-ring (bicyclic) bond motifs is 12. The van der Waals surface area contributed by atoms with Gasteiger partial charge in [-0.05, 0) is 140 Å². The predicted octanol–water partition coefficient (Wildman–Crippen LogP) is 16.7. The Kier molecular flexibility index (Phi) is 8.80. The van der Waals surface area contributed by atoms with Crippen LogP contribution in [-0.2, 0) is 5.41 Å². The Hall–Kier alpha value is -9.58. The summed E-state index contributed by atoms with van der Waals surface area (Å²) >= 11 is 0. The summed E-state index contributed by atoms with van der Waals surface area (Å²) in [5.74, 6) is 3.50. The molecule has 2 aliphatic rings. The second-order valence-corrected chi connectivity index (χ2v) is 18.8. The van der Waals surface area contributed by atoms with Crippen LogP contribution in [0.1, 0.15) is 22.3 Å². The van der Waals surface area contributed by atoms with Crippen molar-refractivity contribution in [1.29, 1.82) is 0 Å². The summed E-state index contributed by atoms with van der Waals surface area (Å²) in [5, 5.41) is 2.33. The van der Waals surface area contributed by atoms with Crippen LogP contribution in [0.25, 0.3) is 100 Å². The molecule has 0 saturated carbocycles. The van der Waals surface area contributed by atoms with E-state index in [4.69, 9.17) is 14.7 Å². The Balaban J connectivity index is 0.965. The molecule has 0 fully saturated rings. The zero-order valence-corrected chi connectivity index (χ0v) is 38.9. The molecule has 5 heteroatoms. The molecule has 1 aliphatic carbocycles. The molecule has 0 N–H and O–H groups in total. The number of benzene rings is 11. The number of ether oxygens (including phenoxy) is 1. The third-order valence-electron chi connectivity index (χ3n) is 15.0. The van der Waals surface area contributed by atoms with E-state index in [1.54, 1.807) is 0 Å². The number of para-hydroxylation sites is 8. The van der Waals surface area contributed by atoms with Gasteiger partial charge in [0.25, 0.3) is 0 Å². The third kappa shape index (κ3) is 5.88. The van der Waals surface area contributed by atoms with E-state index in [2.05, 4.69) is 264 Å². The molecule has 0 saturated heterocycles. The van der Waals surface area contributed by atoms with Crippen LogP contribution in [0.4, 0.5) is 0 Å². The topological polar surface area (TPSA) is 44.9 Å². The van der Waals surface area contributed by atoms with E-state index in [-0.39, 0.29) is 0 Å². The minimum Gasteiger partial charge on any atom is -0.457 e. The molecule has 1 spiro atoms. The lowest BCUT2D eigenvalue weighted by atomic mass is 9.66. The standard InChI is InChI=1S/C67H42N4O/c1-3-19-47(20-4-1)70-61-31-15-13-29-59(61)68-65(70)45-39-44(40-46(41-45)66-69-60-30-14-16-32-62(60)71(66)48-21-5-2-6-22-48)50-38-37-49(51-23-7-8-24-52(50)51)43-35-36-54-53-25-9-10-26-55(53)67(58(54)42-43)56-27-11-17-33-63(56)72-64-34-18-12-28-57(64)67/h1-42H. The minimum absolute atomic E-state index is 0.563. The van der Waals surface area contributed by atoms with Crippen LogP contribution in [0, 0.1) is 0 Å². The van der Waals surface area contributed by atoms with Crippen LogP contribution in [0.3, 0.4) is 0 Å². The van der Waals surface area contributed by atoms with Crippen LogP contribution < -0.4 is 4.74 Å². The molecule has 0 unspecified atom stereocenters. The molecule has 5 nitrogen and oxygen atoms in total. The van der Waals surface area contributed by atoms with Crippen LogP contribution in [-0.4, -0.2) is 19.1 Å². The molecule has 336 valence electrons. The van der Waals surface area contributed by atoms with E-state index in [0.717, 1.165) is 101 Å². The normalized spacial score (nSPS) is 12.9. The van der Waals surface area contributed by atoms with Gasteiger partial charge in [-0.25, -0.2) is 9.97 Å². The summed E-state index contributed by atoms with van der Waals surface area (Å²) in [6.07, 6.45) is 0. The average Bonchev–Trinajstić information content (AvgIpc) is 4.13. The van der Waals surface area contributed by atoms with Gasteiger partial charge in [0, 0.05) is 33.6 Å². The minimum atomic E-state index is -0.563. The largest absolute Gasteiger partial charge is 0.457 e. The van der Waals surface area contributed by atoms with Crippen molar-refractivity contribution in [2.45, 2.75) is 5.41 Å². The number of hydrogen-bond donors (Lipinski definition) is 0. The molecule has 15 rings (SSSR count). The van der Waals surface area contributed by atoms with E-state index < -0.39 is 5.41 Å². The van der Waals surface area contributed by atoms with Crippen molar-refractivity contribution in [1.82, 2.24) is 19.1 Å². The van der Waals surface area contributed by atoms with Crippen molar-refractivity contribution in [3.63, 3.8) is 0 Å². The smallest absolute Gasteiger partial charge is 0.145 e. The Morgan fingerprint density at radius 3 is 1.32 bits per heavy atom. The molecule has 72 heavy (non-hydrogen) atoms. The SMILES string of the molecule is c1ccc(-n2c(-c3cc(-c4ccc(-c5ccc6c(c5)C5(c7ccccc7Oc7ccccc75)c5ccccc5-6)c5ccccc45)cc(-c4nc5ccccc5n4-c4ccccc4)c3)nc3ccccc32)cc1. The van der Waals surface area contributed by atoms with Gasteiger partial charge in [0.1, 0.15) is 23.1 Å². The number of nitrogens with zero attached hydrogens (tertiary/aromatic N) is 4. The van der Waals surface area contributed by atoms with Crippen molar-refractivity contribution < 1.29 is 4.74 Å². The number of hydrogen-bond acceptors (Lipinski definition) is 3. The first kappa shape index (κ1) is 40.3. The van der Waals surface area contributed by atoms with Gasteiger partial charge < -0.3 is 4.74 Å². The highest BCUT2D eigenvalue weighted by atomic mass is 16.5. The summed E-state index contributed by atoms with van der Waals surface area (Å²) in [6.45, 7) is 0. The van der Waals surface area contributed by atoms with Gasteiger partial charge in [0.05, 0.1) is 27.5 Å². The van der Waals surface area contributed by atoms with Crippen LogP contribution in [0.5, 0.6) is 11.5 Å². The molecular weight excluding hydrogens is 877 g/mol. The van der Waals surface area contributed by atoms with Gasteiger partial charge in [0.15, 0.2) is 0 Å². The quantitative estimate of drug-likeness (QED) is 0.167.